The van der Waals surface area contributed by atoms with Crippen LogP contribution in [0.4, 0.5) is 0 Å². The molecule has 6 nitrogen and oxygen atoms in total. The van der Waals surface area contributed by atoms with Gasteiger partial charge in [0.2, 0.25) is 5.89 Å². The van der Waals surface area contributed by atoms with E-state index in [-0.39, 0.29) is 0 Å². The number of nitrogens with one attached hydrogen (secondary N) is 2. The van der Waals surface area contributed by atoms with E-state index in [2.05, 4.69) is 46.2 Å². The molecule has 6 heteroatoms. The van der Waals surface area contributed by atoms with Crippen LogP contribution in [0.25, 0.3) is 11.5 Å². The number of aliphatic imine (C=N–C) groups is 1. The molecule has 0 aliphatic rings. The zero-order valence-corrected chi connectivity index (χ0v) is 17.5. The SMILES string of the molecule is C=CCOc1ccccc1CNC(=NC)NCCc1coc(-c2ccc(C)cc2)n1. The number of rotatable bonds is 9. The summed E-state index contributed by atoms with van der Waals surface area (Å²) in [6, 6.07) is 16.1. The summed E-state index contributed by atoms with van der Waals surface area (Å²) < 4.78 is 11.3. The van der Waals surface area contributed by atoms with Gasteiger partial charge >= 0.3 is 0 Å². The molecule has 3 aromatic rings. The van der Waals surface area contributed by atoms with E-state index < -0.39 is 0 Å². The van der Waals surface area contributed by atoms with Crippen molar-refractivity contribution in [3.8, 4) is 17.2 Å². The number of para-hydroxylation sites is 1. The Bertz CT molecular complexity index is 977. The van der Waals surface area contributed by atoms with Crippen molar-refractivity contribution in [3.63, 3.8) is 0 Å². The second-order valence-corrected chi connectivity index (χ2v) is 6.82. The fourth-order valence-electron chi connectivity index (χ4n) is 2.90. The Kier molecular flexibility index (Phi) is 7.66. The van der Waals surface area contributed by atoms with Gasteiger partial charge in [-0.15, -0.1) is 0 Å². The summed E-state index contributed by atoms with van der Waals surface area (Å²) in [7, 11) is 1.75. The summed E-state index contributed by atoms with van der Waals surface area (Å²) in [6.07, 6.45) is 4.17. The number of hydrogen-bond acceptors (Lipinski definition) is 4. The van der Waals surface area contributed by atoms with Gasteiger partial charge in [0.1, 0.15) is 18.6 Å². The molecule has 0 saturated carbocycles. The third kappa shape index (κ3) is 5.98. The predicted molar refractivity (Wildman–Crippen MR) is 121 cm³/mol. The van der Waals surface area contributed by atoms with Crippen LogP contribution in [0.15, 0.2) is 76.9 Å². The normalized spacial score (nSPS) is 11.2. The van der Waals surface area contributed by atoms with Crippen molar-refractivity contribution < 1.29 is 9.15 Å². The Morgan fingerprint density at radius 1 is 1.17 bits per heavy atom. The molecule has 0 bridgehead atoms. The molecule has 0 unspecified atom stereocenters. The van der Waals surface area contributed by atoms with E-state index in [1.807, 2.05) is 36.4 Å². The molecule has 3 rings (SSSR count). The van der Waals surface area contributed by atoms with Crippen LogP contribution in [0.1, 0.15) is 16.8 Å². The van der Waals surface area contributed by atoms with Gasteiger partial charge in [-0.1, -0.05) is 48.6 Å². The zero-order valence-electron chi connectivity index (χ0n) is 17.5. The lowest BCUT2D eigenvalue weighted by molar-refractivity contribution is 0.358. The number of benzene rings is 2. The molecule has 0 amide bonds. The topological polar surface area (TPSA) is 71.7 Å². The lowest BCUT2D eigenvalue weighted by Gasteiger charge is -2.14. The quantitative estimate of drug-likeness (QED) is 0.319. The van der Waals surface area contributed by atoms with Crippen molar-refractivity contribution >= 4 is 5.96 Å². The van der Waals surface area contributed by atoms with Gasteiger partial charge in [-0.25, -0.2) is 4.98 Å². The molecule has 0 saturated heterocycles. The highest BCUT2D eigenvalue weighted by atomic mass is 16.5. The van der Waals surface area contributed by atoms with Crippen LogP contribution in [0.5, 0.6) is 5.75 Å². The first-order valence-corrected chi connectivity index (χ1v) is 9.97. The molecule has 156 valence electrons. The van der Waals surface area contributed by atoms with Crippen molar-refractivity contribution in [2.24, 2.45) is 4.99 Å². The molecule has 1 heterocycles. The number of guanidine groups is 1. The summed E-state index contributed by atoms with van der Waals surface area (Å²) >= 11 is 0. The highest BCUT2D eigenvalue weighted by Crippen LogP contribution is 2.19. The molecule has 0 radical (unpaired) electrons. The first-order chi connectivity index (χ1) is 14.7. The van der Waals surface area contributed by atoms with Crippen LogP contribution in [0, 0.1) is 6.92 Å². The van der Waals surface area contributed by atoms with E-state index in [1.165, 1.54) is 5.56 Å². The van der Waals surface area contributed by atoms with Crippen LogP contribution < -0.4 is 15.4 Å². The number of oxazole rings is 1. The smallest absolute Gasteiger partial charge is 0.226 e. The molecular weight excluding hydrogens is 376 g/mol. The maximum atomic E-state index is 5.70. The minimum atomic E-state index is 0.478. The lowest BCUT2D eigenvalue weighted by Crippen LogP contribution is -2.38. The van der Waals surface area contributed by atoms with Gasteiger partial charge in [-0.3, -0.25) is 4.99 Å². The molecule has 0 atom stereocenters. The van der Waals surface area contributed by atoms with E-state index in [1.54, 1.807) is 19.4 Å². The maximum Gasteiger partial charge on any atom is 0.226 e. The highest BCUT2D eigenvalue weighted by Gasteiger charge is 2.08. The van der Waals surface area contributed by atoms with Gasteiger partial charge in [0.15, 0.2) is 5.96 Å². The molecule has 30 heavy (non-hydrogen) atoms. The summed E-state index contributed by atoms with van der Waals surface area (Å²) in [5.74, 6) is 2.20. The number of nitrogens with zero attached hydrogens (tertiary/aromatic N) is 2. The average molecular weight is 405 g/mol. The van der Waals surface area contributed by atoms with Crippen LogP contribution >= 0.6 is 0 Å². The Hall–Kier alpha value is -3.54. The summed E-state index contributed by atoms with van der Waals surface area (Å²) in [5, 5.41) is 6.62. The third-order valence-electron chi connectivity index (χ3n) is 4.52. The summed E-state index contributed by atoms with van der Waals surface area (Å²) in [5.41, 5.74) is 4.15. The van der Waals surface area contributed by atoms with E-state index in [4.69, 9.17) is 9.15 Å². The Labute approximate surface area is 177 Å². The lowest BCUT2D eigenvalue weighted by atomic mass is 10.1. The van der Waals surface area contributed by atoms with Crippen LogP contribution in [0.2, 0.25) is 0 Å². The number of hydrogen-bond donors (Lipinski definition) is 2. The highest BCUT2D eigenvalue weighted by molar-refractivity contribution is 5.79. The van der Waals surface area contributed by atoms with Crippen LogP contribution in [-0.2, 0) is 13.0 Å². The second kappa shape index (κ2) is 10.9. The number of aryl methyl sites for hydroxylation is 1. The molecule has 0 aliphatic heterocycles. The number of ether oxygens (including phenoxy) is 1. The van der Waals surface area contributed by atoms with E-state index in [9.17, 15) is 0 Å². The summed E-state index contributed by atoms with van der Waals surface area (Å²) in [6.45, 7) is 7.52. The molecule has 0 spiro atoms. The molecule has 2 aromatic carbocycles. The van der Waals surface area contributed by atoms with Crippen LogP contribution in [-0.4, -0.2) is 31.1 Å². The minimum absolute atomic E-state index is 0.478. The standard InChI is InChI=1S/C24H28N4O2/c1-4-15-29-22-8-6-5-7-20(22)16-27-24(25-3)26-14-13-21-17-30-23(28-21)19-11-9-18(2)10-12-19/h4-12,17H,1,13-16H2,2-3H3,(H2,25,26,27). The van der Waals surface area contributed by atoms with E-state index in [0.717, 1.165) is 35.0 Å². The predicted octanol–water partition coefficient (Wildman–Crippen LogP) is 4.12. The van der Waals surface area contributed by atoms with Crippen molar-refractivity contribution in [2.45, 2.75) is 19.9 Å². The second-order valence-electron chi connectivity index (χ2n) is 6.82. The molecular formula is C24H28N4O2. The van der Waals surface area contributed by atoms with Crippen molar-refractivity contribution in [1.29, 1.82) is 0 Å². The molecule has 1 aromatic heterocycles. The fraction of sp³-hybridized carbons (Fsp3) is 0.250. The van der Waals surface area contributed by atoms with E-state index in [0.29, 0.717) is 25.6 Å². The van der Waals surface area contributed by atoms with E-state index >= 15 is 0 Å². The maximum absolute atomic E-state index is 5.70. The molecule has 0 aliphatic carbocycles. The average Bonchev–Trinajstić information content (AvgIpc) is 3.24. The summed E-state index contributed by atoms with van der Waals surface area (Å²) in [4.78, 5) is 8.86. The largest absolute Gasteiger partial charge is 0.489 e. The van der Waals surface area contributed by atoms with Crippen LogP contribution in [0.3, 0.4) is 0 Å². The molecule has 0 fully saturated rings. The van der Waals surface area contributed by atoms with Gasteiger partial charge in [-0.05, 0) is 25.1 Å². The zero-order chi connectivity index (χ0) is 21.2. The van der Waals surface area contributed by atoms with Gasteiger partial charge in [0.25, 0.3) is 0 Å². The third-order valence-corrected chi connectivity index (χ3v) is 4.52. The first-order valence-electron chi connectivity index (χ1n) is 9.97. The van der Waals surface area contributed by atoms with Crippen molar-refractivity contribution in [1.82, 2.24) is 15.6 Å². The fourth-order valence-corrected chi connectivity index (χ4v) is 2.90. The first kappa shape index (κ1) is 21.2. The van der Waals surface area contributed by atoms with Gasteiger partial charge in [-0.2, -0.15) is 0 Å². The Morgan fingerprint density at radius 2 is 1.97 bits per heavy atom. The number of aromatic nitrogens is 1. The van der Waals surface area contributed by atoms with Crippen molar-refractivity contribution in [2.75, 3.05) is 20.2 Å². The van der Waals surface area contributed by atoms with Gasteiger partial charge in [0, 0.05) is 37.7 Å². The van der Waals surface area contributed by atoms with Crippen molar-refractivity contribution in [3.05, 3.63) is 84.3 Å². The Balaban J connectivity index is 1.48. The minimum Gasteiger partial charge on any atom is -0.489 e. The van der Waals surface area contributed by atoms with Gasteiger partial charge < -0.3 is 19.8 Å². The monoisotopic (exact) mass is 404 g/mol. The molecule has 2 N–H and O–H groups in total. The Morgan fingerprint density at radius 3 is 2.73 bits per heavy atom. The van der Waals surface area contributed by atoms with Gasteiger partial charge in [0.05, 0.1) is 5.69 Å².